The summed E-state index contributed by atoms with van der Waals surface area (Å²) in [4.78, 5) is 43.0. The first-order chi connectivity index (χ1) is 20.0. The summed E-state index contributed by atoms with van der Waals surface area (Å²) < 4.78 is 37.0. The van der Waals surface area contributed by atoms with Gasteiger partial charge in [-0.1, -0.05) is 52.0 Å². The lowest BCUT2D eigenvalue weighted by atomic mass is 9.85. The smallest absolute Gasteiger partial charge is 0.388 e. The Hall–Kier alpha value is -3.88. The van der Waals surface area contributed by atoms with Crippen molar-refractivity contribution in [2.24, 2.45) is 23.0 Å². The summed E-state index contributed by atoms with van der Waals surface area (Å²) in [5, 5.41) is 14.1. The second-order valence-corrected chi connectivity index (χ2v) is 10.4. The van der Waals surface area contributed by atoms with Gasteiger partial charge in [-0.15, -0.1) is 6.58 Å². The Balaban J connectivity index is -0.000000506. The van der Waals surface area contributed by atoms with Gasteiger partial charge in [0, 0.05) is 45.1 Å². The average molecular weight is 614 g/mol. The van der Waals surface area contributed by atoms with Gasteiger partial charge in [-0.25, -0.2) is 0 Å². The Labute approximate surface area is 255 Å². The molecule has 3 atom stereocenters. The SMILES string of the molecule is C=CC(C)(CCC(N)=O)C(F)(F)F.CC(C)C.CCCC(=O)N1CC(C=O)CC1C#N.CNC=O.CNc1ccccc1. The van der Waals surface area contributed by atoms with Crippen molar-refractivity contribution >= 4 is 30.2 Å². The number of alkyl halides is 3. The number of nitriles is 1. The minimum Gasteiger partial charge on any atom is -0.388 e. The van der Waals surface area contributed by atoms with E-state index in [1.165, 1.54) is 4.90 Å². The van der Waals surface area contributed by atoms with Crippen LogP contribution in [0.25, 0.3) is 0 Å². The molecule has 1 aliphatic rings. The fourth-order valence-electron chi connectivity index (χ4n) is 3.07. The largest absolute Gasteiger partial charge is 0.397 e. The molecular formula is C31H50F3N5O4. The first-order valence-corrected chi connectivity index (χ1v) is 14.0. The van der Waals surface area contributed by atoms with Crippen molar-refractivity contribution in [3.8, 4) is 6.07 Å². The number of anilines is 1. The molecule has 0 aliphatic carbocycles. The van der Waals surface area contributed by atoms with Gasteiger partial charge >= 0.3 is 6.18 Å². The number of amides is 3. The third-order valence-corrected chi connectivity index (χ3v) is 5.63. The normalized spacial score (nSPS) is 16.3. The number of nitrogens with one attached hydrogen (secondary N) is 2. The standard InChI is InChI=1S/C10H14N2O2.C8H12F3NO.C7H9N.C4H10.C2H5NO/c1-2-3-10(14)12-6-8(7-13)4-9(12)5-11;1-3-7(2,8(9,10)11)5-4-6(12)13;1-8-7-5-3-2-4-6-7;1-4(2)3;1-3-2-4/h7-9H,2-4,6H2,1H3;3H,1,4-5H2,2H3,(H2,12,13);2-6,8H,1H3;4H,1-3H3;2H,1H3,(H,3,4). The highest BCUT2D eigenvalue weighted by Crippen LogP contribution is 2.42. The van der Waals surface area contributed by atoms with E-state index < -0.39 is 23.5 Å². The van der Waals surface area contributed by atoms with E-state index in [-0.39, 0.29) is 24.7 Å². The maximum Gasteiger partial charge on any atom is 0.397 e. The molecule has 1 aromatic carbocycles. The zero-order chi connectivity index (χ0) is 34.1. The number of allylic oxidation sites excluding steroid dienone is 1. The lowest BCUT2D eigenvalue weighted by molar-refractivity contribution is -0.202. The van der Waals surface area contributed by atoms with Crippen molar-refractivity contribution in [3.05, 3.63) is 43.0 Å². The number of halogens is 3. The maximum absolute atomic E-state index is 12.3. The summed E-state index contributed by atoms with van der Waals surface area (Å²) in [6, 6.07) is 11.7. The van der Waals surface area contributed by atoms with E-state index in [1.54, 1.807) is 7.05 Å². The Morgan fingerprint density at radius 3 is 1.98 bits per heavy atom. The molecule has 0 spiro atoms. The molecule has 1 saturated heterocycles. The van der Waals surface area contributed by atoms with E-state index in [9.17, 15) is 27.6 Å². The molecule has 0 bridgehead atoms. The summed E-state index contributed by atoms with van der Waals surface area (Å²) >= 11 is 0. The lowest BCUT2D eigenvalue weighted by Crippen LogP contribution is -2.34. The summed E-state index contributed by atoms with van der Waals surface area (Å²) in [6.45, 7) is 12.9. The van der Waals surface area contributed by atoms with Gasteiger partial charge in [0.25, 0.3) is 0 Å². The van der Waals surface area contributed by atoms with E-state index in [0.29, 0.717) is 25.8 Å². The van der Waals surface area contributed by atoms with Crippen molar-refractivity contribution in [1.82, 2.24) is 10.2 Å². The number of likely N-dealkylation sites (tertiary alicyclic amines) is 1. The number of benzene rings is 1. The summed E-state index contributed by atoms with van der Waals surface area (Å²) in [6.07, 6.45) is -1.03. The van der Waals surface area contributed by atoms with Crippen molar-refractivity contribution in [2.75, 3.05) is 26.0 Å². The van der Waals surface area contributed by atoms with Crippen molar-refractivity contribution in [2.45, 2.75) is 78.9 Å². The van der Waals surface area contributed by atoms with Gasteiger partial charge < -0.3 is 26.1 Å². The van der Waals surface area contributed by atoms with E-state index in [0.717, 1.165) is 37.3 Å². The van der Waals surface area contributed by atoms with Gasteiger partial charge in [0.1, 0.15) is 12.3 Å². The number of carbonyl (C=O) groups excluding carboxylic acids is 4. The molecular weight excluding hydrogens is 563 g/mol. The van der Waals surface area contributed by atoms with Gasteiger partial charge in [0.2, 0.25) is 18.2 Å². The minimum absolute atomic E-state index is 0.0107. The zero-order valence-corrected chi connectivity index (χ0v) is 26.5. The molecule has 3 amide bonds. The third kappa shape index (κ3) is 21.5. The number of primary amides is 1. The number of hydrogen-bond donors (Lipinski definition) is 3. The van der Waals surface area contributed by atoms with E-state index in [2.05, 4.69) is 44.1 Å². The topological polar surface area (TPSA) is 145 Å². The Morgan fingerprint density at radius 2 is 1.67 bits per heavy atom. The quantitative estimate of drug-likeness (QED) is 0.248. The van der Waals surface area contributed by atoms with Crippen LogP contribution in [0.2, 0.25) is 0 Å². The zero-order valence-electron chi connectivity index (χ0n) is 26.5. The van der Waals surface area contributed by atoms with Gasteiger partial charge in [-0.05, 0) is 44.2 Å². The van der Waals surface area contributed by atoms with E-state index in [4.69, 9.17) is 15.8 Å². The van der Waals surface area contributed by atoms with Crippen molar-refractivity contribution in [3.63, 3.8) is 0 Å². The van der Waals surface area contributed by atoms with Crippen LogP contribution in [0.5, 0.6) is 0 Å². The minimum atomic E-state index is -4.38. The monoisotopic (exact) mass is 613 g/mol. The summed E-state index contributed by atoms with van der Waals surface area (Å²) in [5.74, 6) is -0.0684. The second-order valence-electron chi connectivity index (χ2n) is 10.4. The van der Waals surface area contributed by atoms with Gasteiger partial charge in [-0.2, -0.15) is 18.4 Å². The predicted molar refractivity (Wildman–Crippen MR) is 165 cm³/mol. The van der Waals surface area contributed by atoms with E-state index >= 15 is 0 Å². The molecule has 0 radical (unpaired) electrons. The molecule has 9 nitrogen and oxygen atoms in total. The Kier molecular flexibility index (Phi) is 25.0. The lowest BCUT2D eigenvalue weighted by Gasteiger charge is -2.27. The highest BCUT2D eigenvalue weighted by molar-refractivity contribution is 5.78. The number of nitrogens with zero attached hydrogens (tertiary/aromatic N) is 2. The van der Waals surface area contributed by atoms with Crippen molar-refractivity contribution < 1.29 is 32.3 Å². The van der Waals surface area contributed by atoms with Crippen molar-refractivity contribution in [1.29, 1.82) is 5.26 Å². The fourth-order valence-corrected chi connectivity index (χ4v) is 3.07. The van der Waals surface area contributed by atoms with Gasteiger partial charge in [0.05, 0.1) is 11.5 Å². The fraction of sp³-hybridized carbons (Fsp3) is 0.581. The number of para-hydroxylation sites is 1. The van der Waals surface area contributed by atoms with Crippen LogP contribution in [-0.2, 0) is 19.2 Å². The van der Waals surface area contributed by atoms with Crippen LogP contribution in [0.3, 0.4) is 0 Å². The van der Waals surface area contributed by atoms with Crippen LogP contribution in [0, 0.1) is 28.6 Å². The van der Waals surface area contributed by atoms with Gasteiger partial charge in [0.15, 0.2) is 0 Å². The van der Waals surface area contributed by atoms with Crippen LogP contribution in [0.1, 0.15) is 66.7 Å². The molecule has 1 aliphatic heterocycles. The molecule has 244 valence electrons. The molecule has 1 aromatic rings. The number of nitrogens with two attached hydrogens (primary N) is 1. The number of rotatable bonds is 9. The molecule has 1 fully saturated rings. The second kappa shape index (κ2) is 24.7. The maximum atomic E-state index is 12.3. The molecule has 1 heterocycles. The molecule has 3 unspecified atom stereocenters. The molecule has 43 heavy (non-hydrogen) atoms. The van der Waals surface area contributed by atoms with Gasteiger partial charge in [-0.3, -0.25) is 14.4 Å². The van der Waals surface area contributed by atoms with E-state index in [1.807, 2.05) is 44.3 Å². The molecule has 0 aromatic heterocycles. The number of carbonyl (C=O) groups is 4. The predicted octanol–water partition coefficient (Wildman–Crippen LogP) is 5.49. The number of aldehydes is 1. The number of hydrogen-bond acceptors (Lipinski definition) is 6. The molecule has 12 heteroatoms. The highest BCUT2D eigenvalue weighted by atomic mass is 19.4. The Bertz CT molecular complexity index is 966. The molecule has 2 rings (SSSR count). The van der Waals surface area contributed by atoms with Crippen LogP contribution in [-0.4, -0.2) is 62.3 Å². The highest BCUT2D eigenvalue weighted by Gasteiger charge is 2.48. The molecule has 0 saturated carbocycles. The van der Waals surface area contributed by atoms with Crippen LogP contribution in [0.15, 0.2) is 43.0 Å². The van der Waals surface area contributed by atoms with Crippen LogP contribution >= 0.6 is 0 Å². The van der Waals surface area contributed by atoms with Crippen LogP contribution in [0.4, 0.5) is 18.9 Å². The Morgan fingerprint density at radius 1 is 1.16 bits per heavy atom. The molecule has 4 N–H and O–H groups in total. The first kappa shape index (κ1) is 43.6. The summed E-state index contributed by atoms with van der Waals surface area (Å²) in [5.41, 5.74) is 3.89. The summed E-state index contributed by atoms with van der Waals surface area (Å²) in [7, 11) is 3.47. The third-order valence-electron chi connectivity index (χ3n) is 5.63. The average Bonchev–Trinajstić information content (AvgIpc) is 3.40. The van der Waals surface area contributed by atoms with Crippen LogP contribution < -0.4 is 16.4 Å². The first-order valence-electron chi connectivity index (χ1n) is 14.0.